The van der Waals surface area contributed by atoms with Crippen LogP contribution in [0.1, 0.15) is 26.2 Å². The topological polar surface area (TPSA) is 72.9 Å². The monoisotopic (exact) mass is 283 g/mol. The number of rotatable bonds is 3. The molecule has 2 heterocycles. The second-order valence-electron chi connectivity index (χ2n) is 5.96. The Balaban J connectivity index is 1.95. The highest BCUT2D eigenvalue weighted by Gasteiger charge is 2.40. The molecule has 0 saturated carbocycles. The van der Waals surface area contributed by atoms with Crippen molar-refractivity contribution < 1.29 is 14.7 Å². The zero-order chi connectivity index (χ0) is 14.7. The average Bonchev–Trinajstić information content (AvgIpc) is 2.80. The first kappa shape index (κ1) is 15.1. The molecular formula is C14H25N3O3. The van der Waals surface area contributed by atoms with Crippen molar-refractivity contribution in [1.82, 2.24) is 15.1 Å². The number of nitrogens with one attached hydrogen (secondary N) is 1. The molecule has 114 valence electrons. The Morgan fingerprint density at radius 1 is 1.30 bits per heavy atom. The van der Waals surface area contributed by atoms with E-state index in [-0.39, 0.29) is 12.1 Å². The standard InChI is InChI=1S/C14H25N3O3/c1-10-12(13(18)19)5-7-17(10)14(20)16-6-3-4-11(9-16)8-15-2/h10-12,15H,3-9H2,1-2H3,(H,18,19). The first-order chi connectivity index (χ1) is 9.54. The summed E-state index contributed by atoms with van der Waals surface area (Å²) in [6.07, 6.45) is 2.75. The molecule has 0 spiro atoms. The first-order valence-corrected chi connectivity index (χ1v) is 7.47. The van der Waals surface area contributed by atoms with Crippen LogP contribution in [0.5, 0.6) is 0 Å². The van der Waals surface area contributed by atoms with E-state index in [9.17, 15) is 9.59 Å². The fourth-order valence-corrected chi connectivity index (χ4v) is 3.42. The number of likely N-dealkylation sites (tertiary alicyclic amines) is 2. The number of piperidine rings is 1. The Bertz CT molecular complexity index is 373. The maximum atomic E-state index is 12.6. The lowest BCUT2D eigenvalue weighted by atomic mass is 9.98. The molecule has 2 aliphatic heterocycles. The fourth-order valence-electron chi connectivity index (χ4n) is 3.42. The largest absolute Gasteiger partial charge is 0.481 e. The minimum Gasteiger partial charge on any atom is -0.481 e. The summed E-state index contributed by atoms with van der Waals surface area (Å²) in [5.41, 5.74) is 0. The highest BCUT2D eigenvalue weighted by atomic mass is 16.4. The molecule has 2 saturated heterocycles. The summed E-state index contributed by atoms with van der Waals surface area (Å²) in [7, 11) is 1.93. The molecule has 2 rings (SSSR count). The van der Waals surface area contributed by atoms with E-state index in [0.29, 0.717) is 18.9 Å². The Kier molecular flexibility index (Phi) is 4.86. The van der Waals surface area contributed by atoms with E-state index >= 15 is 0 Å². The van der Waals surface area contributed by atoms with Crippen LogP contribution >= 0.6 is 0 Å². The van der Waals surface area contributed by atoms with Gasteiger partial charge in [0.15, 0.2) is 0 Å². The van der Waals surface area contributed by atoms with Crippen molar-refractivity contribution in [3.63, 3.8) is 0 Å². The van der Waals surface area contributed by atoms with E-state index in [1.54, 1.807) is 4.90 Å². The number of carbonyl (C=O) groups is 2. The quantitative estimate of drug-likeness (QED) is 0.805. The second-order valence-corrected chi connectivity index (χ2v) is 5.96. The number of hydrogen-bond donors (Lipinski definition) is 2. The van der Waals surface area contributed by atoms with Crippen LogP contribution in [0.25, 0.3) is 0 Å². The number of amides is 2. The third-order valence-electron chi connectivity index (χ3n) is 4.60. The van der Waals surface area contributed by atoms with Gasteiger partial charge in [-0.05, 0) is 45.7 Å². The Morgan fingerprint density at radius 2 is 2.05 bits per heavy atom. The molecular weight excluding hydrogens is 258 g/mol. The summed E-state index contributed by atoms with van der Waals surface area (Å²) in [6.45, 7) is 4.90. The molecule has 0 aromatic carbocycles. The van der Waals surface area contributed by atoms with Crippen LogP contribution in [0.2, 0.25) is 0 Å². The number of carbonyl (C=O) groups excluding carboxylic acids is 1. The van der Waals surface area contributed by atoms with Crippen LogP contribution < -0.4 is 5.32 Å². The van der Waals surface area contributed by atoms with Gasteiger partial charge < -0.3 is 20.2 Å². The van der Waals surface area contributed by atoms with Gasteiger partial charge >= 0.3 is 12.0 Å². The molecule has 6 nitrogen and oxygen atoms in total. The van der Waals surface area contributed by atoms with Crippen LogP contribution in [0, 0.1) is 11.8 Å². The Hall–Kier alpha value is -1.30. The van der Waals surface area contributed by atoms with E-state index < -0.39 is 11.9 Å². The third-order valence-corrected chi connectivity index (χ3v) is 4.60. The van der Waals surface area contributed by atoms with Crippen molar-refractivity contribution in [2.45, 2.75) is 32.2 Å². The molecule has 0 aromatic heterocycles. The van der Waals surface area contributed by atoms with E-state index in [2.05, 4.69) is 5.32 Å². The SMILES string of the molecule is CNCC1CCCN(C(=O)N2CCC(C(=O)O)C2C)C1. The average molecular weight is 283 g/mol. The van der Waals surface area contributed by atoms with E-state index in [1.165, 1.54) is 0 Å². The highest BCUT2D eigenvalue weighted by molar-refractivity contribution is 5.78. The molecule has 2 amide bonds. The first-order valence-electron chi connectivity index (χ1n) is 7.47. The van der Waals surface area contributed by atoms with Crippen LogP contribution in [0.4, 0.5) is 4.79 Å². The molecule has 0 aromatic rings. The molecule has 3 unspecified atom stereocenters. The van der Waals surface area contributed by atoms with E-state index in [0.717, 1.165) is 32.5 Å². The molecule has 0 radical (unpaired) electrons. The maximum absolute atomic E-state index is 12.6. The zero-order valence-electron chi connectivity index (χ0n) is 12.3. The Labute approximate surface area is 120 Å². The van der Waals surface area contributed by atoms with Crippen LogP contribution in [0.3, 0.4) is 0 Å². The smallest absolute Gasteiger partial charge is 0.320 e. The van der Waals surface area contributed by atoms with Crippen LogP contribution in [-0.4, -0.2) is 66.2 Å². The van der Waals surface area contributed by atoms with Gasteiger partial charge in [-0.2, -0.15) is 0 Å². The summed E-state index contributed by atoms with van der Waals surface area (Å²) in [5.74, 6) is -0.706. The summed E-state index contributed by atoms with van der Waals surface area (Å²) in [5, 5.41) is 12.3. The van der Waals surface area contributed by atoms with Gasteiger partial charge in [0.2, 0.25) is 0 Å². The fraction of sp³-hybridized carbons (Fsp3) is 0.857. The predicted octanol–water partition coefficient (Wildman–Crippen LogP) is 0.833. The minimum atomic E-state index is -0.792. The lowest BCUT2D eigenvalue weighted by Gasteiger charge is -2.36. The predicted molar refractivity (Wildman–Crippen MR) is 75.5 cm³/mol. The molecule has 20 heavy (non-hydrogen) atoms. The summed E-state index contributed by atoms with van der Waals surface area (Å²) < 4.78 is 0. The van der Waals surface area contributed by atoms with Gasteiger partial charge in [-0.1, -0.05) is 0 Å². The lowest BCUT2D eigenvalue weighted by Crippen LogP contribution is -2.50. The number of hydrogen-bond acceptors (Lipinski definition) is 3. The molecule has 2 aliphatic rings. The molecule has 3 atom stereocenters. The van der Waals surface area contributed by atoms with Crippen molar-refractivity contribution in [3.05, 3.63) is 0 Å². The molecule has 0 aliphatic carbocycles. The van der Waals surface area contributed by atoms with Gasteiger partial charge in [-0.15, -0.1) is 0 Å². The van der Waals surface area contributed by atoms with Gasteiger partial charge in [-0.3, -0.25) is 4.79 Å². The van der Waals surface area contributed by atoms with Crippen molar-refractivity contribution in [2.75, 3.05) is 33.2 Å². The molecule has 2 fully saturated rings. The normalized spacial score (nSPS) is 30.6. The maximum Gasteiger partial charge on any atom is 0.320 e. The molecule has 2 N–H and O–H groups in total. The van der Waals surface area contributed by atoms with Crippen LogP contribution in [0.15, 0.2) is 0 Å². The zero-order valence-corrected chi connectivity index (χ0v) is 12.3. The summed E-state index contributed by atoms with van der Waals surface area (Å²) >= 11 is 0. The van der Waals surface area contributed by atoms with Gasteiger partial charge in [0.25, 0.3) is 0 Å². The van der Waals surface area contributed by atoms with Crippen molar-refractivity contribution in [1.29, 1.82) is 0 Å². The van der Waals surface area contributed by atoms with E-state index in [4.69, 9.17) is 5.11 Å². The molecule has 6 heteroatoms. The van der Waals surface area contributed by atoms with Crippen molar-refractivity contribution in [3.8, 4) is 0 Å². The summed E-state index contributed by atoms with van der Waals surface area (Å²) in [6, 6.07) is -0.188. The summed E-state index contributed by atoms with van der Waals surface area (Å²) in [4.78, 5) is 27.3. The number of nitrogens with zero attached hydrogens (tertiary/aromatic N) is 2. The lowest BCUT2D eigenvalue weighted by molar-refractivity contribution is -0.142. The van der Waals surface area contributed by atoms with Gasteiger partial charge in [0.05, 0.1) is 5.92 Å². The van der Waals surface area contributed by atoms with Gasteiger partial charge in [-0.25, -0.2) is 4.79 Å². The number of aliphatic carboxylic acids is 1. The number of urea groups is 1. The number of carboxylic acid groups (broad SMARTS) is 1. The van der Waals surface area contributed by atoms with E-state index in [1.807, 2.05) is 18.9 Å². The van der Waals surface area contributed by atoms with Crippen molar-refractivity contribution in [2.24, 2.45) is 11.8 Å². The number of carboxylic acids is 1. The molecule has 0 bridgehead atoms. The Morgan fingerprint density at radius 3 is 2.65 bits per heavy atom. The minimum absolute atomic E-state index is 0.0158. The second kappa shape index (κ2) is 6.43. The third kappa shape index (κ3) is 3.06. The van der Waals surface area contributed by atoms with Gasteiger partial charge in [0.1, 0.15) is 0 Å². The van der Waals surface area contributed by atoms with Gasteiger partial charge in [0, 0.05) is 25.7 Å². The van der Waals surface area contributed by atoms with Crippen LogP contribution in [-0.2, 0) is 4.79 Å². The highest BCUT2D eigenvalue weighted by Crippen LogP contribution is 2.27. The van der Waals surface area contributed by atoms with Crippen molar-refractivity contribution >= 4 is 12.0 Å².